The van der Waals surface area contributed by atoms with Gasteiger partial charge in [-0.25, -0.2) is 5.01 Å². The van der Waals surface area contributed by atoms with E-state index in [0.29, 0.717) is 12.3 Å². The molecule has 1 fully saturated rings. The maximum Gasteiger partial charge on any atom is 0.253 e. The van der Waals surface area contributed by atoms with Gasteiger partial charge in [0.15, 0.2) is 0 Å². The van der Waals surface area contributed by atoms with Gasteiger partial charge in [0.1, 0.15) is 0 Å². The van der Waals surface area contributed by atoms with E-state index >= 15 is 0 Å². The number of hydrogen-bond donors (Lipinski definition) is 0. The van der Waals surface area contributed by atoms with Gasteiger partial charge in [0.05, 0.1) is 17.8 Å². The molecule has 0 spiro atoms. The number of amides is 1. The van der Waals surface area contributed by atoms with Gasteiger partial charge in [0.2, 0.25) is 0 Å². The van der Waals surface area contributed by atoms with Crippen molar-refractivity contribution in [3.63, 3.8) is 0 Å². The van der Waals surface area contributed by atoms with E-state index in [0.717, 1.165) is 11.4 Å². The zero-order valence-electron chi connectivity index (χ0n) is 10.7. The third-order valence-corrected chi connectivity index (χ3v) is 3.90. The Morgan fingerprint density at radius 3 is 2.50 bits per heavy atom. The lowest BCUT2D eigenvalue weighted by Gasteiger charge is -2.11. The largest absolute Gasteiger partial charge is 0.272 e. The van der Waals surface area contributed by atoms with Gasteiger partial charge in [-0.1, -0.05) is 30.5 Å². The maximum atomic E-state index is 12.0. The van der Waals surface area contributed by atoms with Crippen LogP contribution in [0, 0.1) is 12.8 Å². The Kier molecular flexibility index (Phi) is 2.90. The summed E-state index contributed by atoms with van der Waals surface area (Å²) >= 11 is 0. The molecule has 18 heavy (non-hydrogen) atoms. The van der Waals surface area contributed by atoms with Crippen LogP contribution in [0.2, 0.25) is 0 Å². The van der Waals surface area contributed by atoms with Crippen molar-refractivity contribution in [1.29, 1.82) is 0 Å². The van der Waals surface area contributed by atoms with E-state index in [1.54, 1.807) is 5.01 Å². The molecule has 0 saturated heterocycles. The van der Waals surface area contributed by atoms with Gasteiger partial charge in [-0.3, -0.25) is 4.79 Å². The Bertz CT molecular complexity index is 484. The fourth-order valence-corrected chi connectivity index (χ4v) is 2.82. The molecule has 3 rings (SSSR count). The van der Waals surface area contributed by atoms with Gasteiger partial charge in [0, 0.05) is 0 Å². The summed E-state index contributed by atoms with van der Waals surface area (Å²) in [6, 6.07) is 7.97. The van der Waals surface area contributed by atoms with Gasteiger partial charge in [-0.2, -0.15) is 5.10 Å². The van der Waals surface area contributed by atoms with Crippen LogP contribution >= 0.6 is 0 Å². The summed E-state index contributed by atoms with van der Waals surface area (Å²) in [6.45, 7) is 2.04. The highest BCUT2D eigenvalue weighted by molar-refractivity contribution is 6.13. The van der Waals surface area contributed by atoms with Crippen LogP contribution in [0.4, 0.5) is 5.69 Å². The van der Waals surface area contributed by atoms with Crippen molar-refractivity contribution in [2.45, 2.75) is 39.0 Å². The summed E-state index contributed by atoms with van der Waals surface area (Å²) in [4.78, 5) is 12.0. The van der Waals surface area contributed by atoms with E-state index in [2.05, 4.69) is 5.10 Å². The highest BCUT2D eigenvalue weighted by Gasteiger charge is 2.31. The smallest absolute Gasteiger partial charge is 0.253 e. The lowest BCUT2D eigenvalue weighted by atomic mass is 10.00. The number of anilines is 1. The summed E-state index contributed by atoms with van der Waals surface area (Å²) in [5.74, 6) is 0.658. The fourth-order valence-electron chi connectivity index (χ4n) is 2.82. The van der Waals surface area contributed by atoms with Crippen LogP contribution in [0.15, 0.2) is 29.4 Å². The highest BCUT2D eigenvalue weighted by atomic mass is 16.2. The predicted molar refractivity (Wildman–Crippen MR) is 72.7 cm³/mol. The Labute approximate surface area is 107 Å². The number of rotatable bonds is 2. The lowest BCUT2D eigenvalue weighted by Crippen LogP contribution is -2.19. The van der Waals surface area contributed by atoms with Gasteiger partial charge in [-0.05, 0) is 37.8 Å². The summed E-state index contributed by atoms with van der Waals surface area (Å²) < 4.78 is 0. The molecule has 1 amide bonds. The average molecular weight is 242 g/mol. The van der Waals surface area contributed by atoms with Crippen molar-refractivity contribution in [2.24, 2.45) is 11.0 Å². The summed E-state index contributed by atoms with van der Waals surface area (Å²) in [5.41, 5.74) is 3.18. The van der Waals surface area contributed by atoms with E-state index in [9.17, 15) is 4.79 Å². The molecule has 0 atom stereocenters. The average Bonchev–Trinajstić information content (AvgIpc) is 2.99. The first-order valence-electron chi connectivity index (χ1n) is 6.71. The number of nitrogens with zero attached hydrogens (tertiary/aromatic N) is 2. The standard InChI is InChI=1S/C15H18N2O/c1-11-6-8-13(9-7-11)17-15(18)10-14(16-17)12-4-2-3-5-12/h6-9,12H,2-5,10H2,1H3. The van der Waals surface area contributed by atoms with Crippen LogP contribution < -0.4 is 5.01 Å². The summed E-state index contributed by atoms with van der Waals surface area (Å²) in [6.07, 6.45) is 5.48. The van der Waals surface area contributed by atoms with Crippen molar-refractivity contribution in [3.05, 3.63) is 29.8 Å². The molecular formula is C15H18N2O. The second-order valence-electron chi connectivity index (χ2n) is 5.29. The van der Waals surface area contributed by atoms with Crippen molar-refractivity contribution in [1.82, 2.24) is 0 Å². The molecule has 2 aliphatic rings. The van der Waals surface area contributed by atoms with Crippen LogP contribution in [-0.4, -0.2) is 11.6 Å². The van der Waals surface area contributed by atoms with Gasteiger partial charge in [-0.15, -0.1) is 0 Å². The Balaban J connectivity index is 1.83. The van der Waals surface area contributed by atoms with E-state index in [1.807, 2.05) is 31.2 Å². The first-order valence-corrected chi connectivity index (χ1v) is 6.71. The van der Waals surface area contributed by atoms with Crippen LogP contribution in [-0.2, 0) is 4.79 Å². The molecule has 0 radical (unpaired) electrons. The second-order valence-corrected chi connectivity index (χ2v) is 5.29. The molecule has 3 nitrogen and oxygen atoms in total. The molecule has 0 aromatic heterocycles. The first-order chi connectivity index (χ1) is 8.74. The monoisotopic (exact) mass is 242 g/mol. The number of benzene rings is 1. The van der Waals surface area contributed by atoms with Crippen LogP contribution in [0.3, 0.4) is 0 Å². The molecule has 0 unspecified atom stereocenters. The normalized spacial score (nSPS) is 20.6. The minimum absolute atomic E-state index is 0.112. The van der Waals surface area contributed by atoms with Crippen LogP contribution in [0.25, 0.3) is 0 Å². The number of carbonyl (C=O) groups excluding carboxylic acids is 1. The van der Waals surface area contributed by atoms with Crippen molar-refractivity contribution in [2.75, 3.05) is 5.01 Å². The fraction of sp³-hybridized carbons (Fsp3) is 0.467. The third kappa shape index (κ3) is 2.05. The molecule has 1 saturated carbocycles. The highest BCUT2D eigenvalue weighted by Crippen LogP contribution is 2.31. The second kappa shape index (κ2) is 4.56. The van der Waals surface area contributed by atoms with Gasteiger partial charge >= 0.3 is 0 Å². The molecule has 1 aliphatic heterocycles. The van der Waals surface area contributed by atoms with Crippen LogP contribution in [0.5, 0.6) is 0 Å². The molecule has 0 N–H and O–H groups in total. The number of aryl methyl sites for hydroxylation is 1. The minimum atomic E-state index is 0.112. The van der Waals surface area contributed by atoms with E-state index in [1.165, 1.54) is 31.2 Å². The molecule has 0 bridgehead atoms. The quantitative estimate of drug-likeness (QED) is 0.783. The maximum absolute atomic E-state index is 12.0. The van der Waals surface area contributed by atoms with E-state index < -0.39 is 0 Å². The van der Waals surface area contributed by atoms with Crippen LogP contribution in [0.1, 0.15) is 37.7 Å². The number of hydrogen-bond acceptors (Lipinski definition) is 2. The molecule has 1 aromatic rings. The topological polar surface area (TPSA) is 32.7 Å². The third-order valence-electron chi connectivity index (χ3n) is 3.90. The van der Waals surface area contributed by atoms with E-state index in [4.69, 9.17) is 0 Å². The summed E-state index contributed by atoms with van der Waals surface area (Å²) in [7, 11) is 0. The SMILES string of the molecule is Cc1ccc(N2N=C(C3CCCC3)CC2=O)cc1. The lowest BCUT2D eigenvalue weighted by molar-refractivity contribution is -0.116. The van der Waals surface area contributed by atoms with Gasteiger partial charge < -0.3 is 0 Å². The molecule has 94 valence electrons. The van der Waals surface area contributed by atoms with E-state index in [-0.39, 0.29) is 5.91 Å². The Morgan fingerprint density at radius 1 is 1.17 bits per heavy atom. The number of hydrazone groups is 1. The van der Waals surface area contributed by atoms with Crippen molar-refractivity contribution >= 4 is 17.3 Å². The summed E-state index contributed by atoms with van der Waals surface area (Å²) in [5, 5.41) is 6.13. The molecule has 1 aliphatic carbocycles. The number of carbonyl (C=O) groups is 1. The predicted octanol–water partition coefficient (Wildman–Crippen LogP) is 3.28. The first kappa shape index (κ1) is 11.5. The molecule has 1 aromatic carbocycles. The van der Waals surface area contributed by atoms with Crippen molar-refractivity contribution in [3.8, 4) is 0 Å². The molecule has 1 heterocycles. The minimum Gasteiger partial charge on any atom is -0.272 e. The van der Waals surface area contributed by atoms with Gasteiger partial charge in [0.25, 0.3) is 5.91 Å². The Morgan fingerprint density at radius 2 is 1.83 bits per heavy atom. The van der Waals surface area contributed by atoms with Crippen molar-refractivity contribution < 1.29 is 4.79 Å². The molecular weight excluding hydrogens is 224 g/mol. The zero-order valence-corrected chi connectivity index (χ0v) is 10.7. The Hall–Kier alpha value is -1.64. The molecule has 3 heteroatoms. The zero-order chi connectivity index (χ0) is 12.5.